The molecule has 27 heavy (non-hydrogen) atoms. The number of likely N-dealkylation sites (tertiary alicyclic amines) is 1. The molecule has 3 heterocycles. The van der Waals surface area contributed by atoms with Crippen molar-refractivity contribution in [2.24, 2.45) is 5.92 Å². The zero-order valence-corrected chi connectivity index (χ0v) is 15.0. The first-order chi connectivity index (χ1) is 12.7. The van der Waals surface area contributed by atoms with E-state index in [0.29, 0.717) is 13.0 Å². The molecule has 1 aliphatic heterocycles. The highest BCUT2D eigenvalue weighted by Crippen LogP contribution is 2.33. The molecule has 0 bridgehead atoms. The first-order valence-electron chi connectivity index (χ1n) is 8.69. The van der Waals surface area contributed by atoms with Crippen LogP contribution < -0.4 is 5.56 Å². The second kappa shape index (κ2) is 7.34. The quantitative estimate of drug-likeness (QED) is 0.812. The molecule has 3 rings (SSSR count). The molecule has 1 atom stereocenters. The molecule has 2 aromatic heterocycles. The van der Waals surface area contributed by atoms with Gasteiger partial charge in [-0.2, -0.15) is 18.2 Å². The zero-order chi connectivity index (χ0) is 19.8. The summed E-state index contributed by atoms with van der Waals surface area (Å²) >= 11 is 0. The third-order valence-electron chi connectivity index (χ3n) is 4.61. The smallest absolute Gasteiger partial charge is 0.393 e. The van der Waals surface area contributed by atoms with Gasteiger partial charge in [0.2, 0.25) is 5.71 Å². The molecule has 7 nitrogen and oxygen atoms in total. The monoisotopic (exact) mass is 387 g/mol. The van der Waals surface area contributed by atoms with Gasteiger partial charge >= 0.3 is 12.1 Å². The molecule has 2 aromatic rings. The standard InChI is InChI=1S/C17H20F3N3O4/c1-3-26-16(25)12-9(2)27-15-13(12)14(24)21-11(22-15)8-23-6-4-5-10(7-23)17(18,19)20/h10H,3-8H2,1-2H3,(H,21,22,24)/t10-/m0/s1. The summed E-state index contributed by atoms with van der Waals surface area (Å²) in [7, 11) is 0. The topological polar surface area (TPSA) is 88.4 Å². The van der Waals surface area contributed by atoms with Gasteiger partial charge in [-0.05, 0) is 33.2 Å². The van der Waals surface area contributed by atoms with Crippen molar-refractivity contribution >= 4 is 17.1 Å². The highest BCUT2D eigenvalue weighted by atomic mass is 19.4. The fourth-order valence-corrected chi connectivity index (χ4v) is 3.37. The molecule has 0 spiro atoms. The maximum Gasteiger partial charge on any atom is 0.393 e. The van der Waals surface area contributed by atoms with Crippen LogP contribution in [0.5, 0.6) is 0 Å². The highest BCUT2D eigenvalue weighted by molar-refractivity contribution is 6.03. The van der Waals surface area contributed by atoms with E-state index in [2.05, 4.69) is 9.97 Å². The average molecular weight is 387 g/mol. The number of carbonyl (C=O) groups excluding carboxylic acids is 1. The van der Waals surface area contributed by atoms with E-state index in [1.807, 2.05) is 0 Å². The van der Waals surface area contributed by atoms with Gasteiger partial charge in [-0.3, -0.25) is 9.69 Å². The van der Waals surface area contributed by atoms with Crippen LogP contribution in [0.3, 0.4) is 0 Å². The number of esters is 1. The number of fused-ring (bicyclic) bond motifs is 1. The van der Waals surface area contributed by atoms with E-state index in [-0.39, 0.29) is 54.4 Å². The zero-order valence-electron chi connectivity index (χ0n) is 15.0. The van der Waals surface area contributed by atoms with Gasteiger partial charge in [0.05, 0.1) is 19.1 Å². The normalized spacial score (nSPS) is 18.8. The van der Waals surface area contributed by atoms with Crippen LogP contribution >= 0.6 is 0 Å². The number of hydrogen-bond acceptors (Lipinski definition) is 6. The lowest BCUT2D eigenvalue weighted by Crippen LogP contribution is -2.41. The number of piperidine rings is 1. The van der Waals surface area contributed by atoms with Gasteiger partial charge < -0.3 is 14.1 Å². The maximum absolute atomic E-state index is 13.0. The number of nitrogens with one attached hydrogen (secondary N) is 1. The summed E-state index contributed by atoms with van der Waals surface area (Å²) < 4.78 is 49.2. The molecule has 0 radical (unpaired) electrons. The Morgan fingerprint density at radius 1 is 1.44 bits per heavy atom. The predicted molar refractivity (Wildman–Crippen MR) is 89.4 cm³/mol. The number of hydrogen-bond donors (Lipinski definition) is 1. The van der Waals surface area contributed by atoms with Gasteiger partial charge in [0.1, 0.15) is 22.5 Å². The molecule has 10 heteroatoms. The summed E-state index contributed by atoms with van der Waals surface area (Å²) in [6.45, 7) is 3.71. The Morgan fingerprint density at radius 3 is 2.85 bits per heavy atom. The Labute approximate surface area is 152 Å². The number of halogens is 3. The number of aryl methyl sites for hydroxylation is 1. The number of rotatable bonds is 4. The minimum atomic E-state index is -4.24. The van der Waals surface area contributed by atoms with E-state index < -0.39 is 23.6 Å². The minimum Gasteiger partial charge on any atom is -0.462 e. The highest BCUT2D eigenvalue weighted by Gasteiger charge is 2.41. The van der Waals surface area contributed by atoms with Crippen LogP contribution in [0.2, 0.25) is 0 Å². The summed E-state index contributed by atoms with van der Waals surface area (Å²) in [5, 5.41) is -0.0125. The average Bonchev–Trinajstić information content (AvgIpc) is 2.91. The van der Waals surface area contributed by atoms with Crippen molar-refractivity contribution in [3.63, 3.8) is 0 Å². The number of alkyl halides is 3. The molecular weight excluding hydrogens is 367 g/mol. The number of nitrogens with zero attached hydrogens (tertiary/aromatic N) is 2. The lowest BCUT2D eigenvalue weighted by Gasteiger charge is -2.33. The first-order valence-corrected chi connectivity index (χ1v) is 8.69. The molecule has 0 unspecified atom stereocenters. The van der Waals surface area contributed by atoms with Gasteiger partial charge in [0, 0.05) is 6.54 Å². The molecule has 1 saturated heterocycles. The van der Waals surface area contributed by atoms with Crippen molar-refractivity contribution in [2.45, 2.75) is 39.4 Å². The fraction of sp³-hybridized carbons (Fsp3) is 0.588. The van der Waals surface area contributed by atoms with Gasteiger partial charge in [0.25, 0.3) is 5.56 Å². The van der Waals surface area contributed by atoms with Crippen LogP contribution in [0, 0.1) is 12.8 Å². The fourth-order valence-electron chi connectivity index (χ4n) is 3.37. The number of H-pyrrole nitrogens is 1. The van der Waals surface area contributed by atoms with E-state index >= 15 is 0 Å². The van der Waals surface area contributed by atoms with Crippen LogP contribution in [0.25, 0.3) is 11.1 Å². The van der Waals surface area contributed by atoms with Crippen molar-refractivity contribution in [1.82, 2.24) is 14.9 Å². The predicted octanol–water partition coefficient (Wildman–Crippen LogP) is 2.78. The molecule has 1 fully saturated rings. The molecule has 0 saturated carbocycles. The third-order valence-corrected chi connectivity index (χ3v) is 4.61. The maximum atomic E-state index is 13.0. The SMILES string of the molecule is CCOC(=O)c1c(C)oc2nc(CN3CCC[C@H](C(F)(F)F)C3)[nH]c(=O)c12. The summed E-state index contributed by atoms with van der Waals surface area (Å²) in [6, 6.07) is 0. The van der Waals surface area contributed by atoms with Crippen LogP contribution in [0.1, 0.15) is 41.7 Å². The molecular formula is C17H20F3N3O4. The Morgan fingerprint density at radius 2 is 2.19 bits per heavy atom. The van der Waals surface area contributed by atoms with E-state index in [1.54, 1.807) is 11.8 Å². The van der Waals surface area contributed by atoms with Crippen LogP contribution in [-0.4, -0.2) is 46.7 Å². The van der Waals surface area contributed by atoms with E-state index in [4.69, 9.17) is 9.15 Å². The van der Waals surface area contributed by atoms with Crippen LogP contribution in [-0.2, 0) is 11.3 Å². The number of aromatic amines is 1. The second-order valence-corrected chi connectivity index (χ2v) is 6.56. The molecule has 1 N–H and O–H groups in total. The second-order valence-electron chi connectivity index (χ2n) is 6.56. The lowest BCUT2D eigenvalue weighted by atomic mass is 9.97. The number of furan rings is 1. The van der Waals surface area contributed by atoms with Gasteiger partial charge in [-0.1, -0.05) is 0 Å². The van der Waals surface area contributed by atoms with Crippen molar-refractivity contribution < 1.29 is 27.1 Å². The van der Waals surface area contributed by atoms with Gasteiger partial charge in [0.15, 0.2) is 0 Å². The third kappa shape index (κ3) is 4.00. The van der Waals surface area contributed by atoms with Crippen molar-refractivity contribution in [1.29, 1.82) is 0 Å². The van der Waals surface area contributed by atoms with Crippen LogP contribution in [0.15, 0.2) is 9.21 Å². The van der Waals surface area contributed by atoms with Crippen molar-refractivity contribution in [2.75, 3.05) is 19.7 Å². The van der Waals surface area contributed by atoms with Crippen molar-refractivity contribution in [3.8, 4) is 0 Å². The summed E-state index contributed by atoms with van der Waals surface area (Å²) in [6.07, 6.45) is -3.72. The first kappa shape index (κ1) is 19.4. The van der Waals surface area contributed by atoms with Gasteiger partial charge in [-0.15, -0.1) is 0 Å². The Hall–Kier alpha value is -2.36. The van der Waals surface area contributed by atoms with E-state index in [0.717, 1.165) is 0 Å². The van der Waals surface area contributed by atoms with Crippen LogP contribution in [0.4, 0.5) is 13.2 Å². The molecule has 1 aliphatic rings. The molecule has 0 amide bonds. The van der Waals surface area contributed by atoms with E-state index in [1.165, 1.54) is 6.92 Å². The largest absolute Gasteiger partial charge is 0.462 e. The number of aromatic nitrogens is 2. The Kier molecular flexibility index (Phi) is 5.27. The molecule has 0 aliphatic carbocycles. The lowest BCUT2D eigenvalue weighted by molar-refractivity contribution is -0.187. The molecule has 0 aromatic carbocycles. The number of ether oxygens (including phenoxy) is 1. The number of carbonyl (C=O) groups is 1. The minimum absolute atomic E-state index is 0.0125. The van der Waals surface area contributed by atoms with Gasteiger partial charge in [-0.25, -0.2) is 4.79 Å². The van der Waals surface area contributed by atoms with Crippen molar-refractivity contribution in [3.05, 3.63) is 27.5 Å². The summed E-state index contributed by atoms with van der Waals surface area (Å²) in [4.78, 5) is 32.8. The van der Waals surface area contributed by atoms with E-state index in [9.17, 15) is 22.8 Å². The summed E-state index contributed by atoms with van der Waals surface area (Å²) in [5.74, 6) is -1.67. The Balaban J connectivity index is 1.87. The molecule has 148 valence electrons. The Bertz CT molecular complexity index is 903. The summed E-state index contributed by atoms with van der Waals surface area (Å²) in [5.41, 5.74) is -0.597.